The van der Waals surface area contributed by atoms with Crippen LogP contribution in [0.4, 0.5) is 5.69 Å². The summed E-state index contributed by atoms with van der Waals surface area (Å²) in [6, 6.07) is 8.26. The minimum Gasteiger partial charge on any atom is -0.369 e. The van der Waals surface area contributed by atoms with E-state index in [4.69, 9.17) is 5.26 Å². The maximum atomic E-state index is 8.91. The third kappa shape index (κ3) is 2.67. The number of nitriles is 1. The molecule has 1 aliphatic heterocycles. The largest absolute Gasteiger partial charge is 0.369 e. The highest BCUT2D eigenvalue weighted by molar-refractivity contribution is 7.10. The number of hydrogen-bond acceptors (Lipinski definition) is 5. The molecule has 3 rings (SSSR count). The van der Waals surface area contributed by atoms with Gasteiger partial charge in [-0.25, -0.2) is 0 Å². The van der Waals surface area contributed by atoms with E-state index in [2.05, 4.69) is 40.0 Å². The molecule has 4 nitrogen and oxygen atoms in total. The van der Waals surface area contributed by atoms with Crippen molar-refractivity contribution in [2.45, 2.75) is 0 Å². The van der Waals surface area contributed by atoms with Crippen molar-refractivity contribution < 1.29 is 0 Å². The number of hydrogen-bond donors (Lipinski definition) is 0. The Bertz CT molecular complexity index is 635. The van der Waals surface area contributed by atoms with E-state index < -0.39 is 0 Å². The predicted octanol–water partition coefficient (Wildman–Crippen LogP) is 2.43. The SMILES string of the molecule is CN1CCN(c2ccnc(-c3csc(C#N)c3)c2)CC1. The molecule has 0 aliphatic carbocycles. The molecule has 1 fully saturated rings. The lowest BCUT2D eigenvalue weighted by Gasteiger charge is -2.34. The average molecular weight is 284 g/mol. The average Bonchev–Trinajstić information content (AvgIpc) is 2.97. The first-order valence-corrected chi connectivity index (χ1v) is 7.53. The van der Waals surface area contributed by atoms with Crippen LogP contribution < -0.4 is 4.90 Å². The lowest BCUT2D eigenvalue weighted by Crippen LogP contribution is -2.44. The number of piperazine rings is 1. The van der Waals surface area contributed by atoms with E-state index in [1.807, 2.05) is 17.6 Å². The van der Waals surface area contributed by atoms with Gasteiger partial charge in [0.2, 0.25) is 0 Å². The van der Waals surface area contributed by atoms with Crippen molar-refractivity contribution in [3.05, 3.63) is 34.7 Å². The second-order valence-electron chi connectivity index (χ2n) is 5.00. The fraction of sp³-hybridized carbons (Fsp3) is 0.333. The Morgan fingerprint density at radius 3 is 2.75 bits per heavy atom. The summed E-state index contributed by atoms with van der Waals surface area (Å²) < 4.78 is 0. The summed E-state index contributed by atoms with van der Waals surface area (Å²) in [6.07, 6.45) is 1.85. The van der Waals surface area contributed by atoms with Crippen molar-refractivity contribution in [3.8, 4) is 17.3 Å². The number of anilines is 1. The van der Waals surface area contributed by atoms with Crippen LogP contribution in [-0.4, -0.2) is 43.1 Å². The molecule has 0 atom stereocenters. The van der Waals surface area contributed by atoms with E-state index in [1.165, 1.54) is 17.0 Å². The zero-order valence-electron chi connectivity index (χ0n) is 11.4. The maximum Gasteiger partial charge on any atom is 0.110 e. The molecule has 2 aromatic heterocycles. The minimum atomic E-state index is 0.729. The van der Waals surface area contributed by atoms with Gasteiger partial charge >= 0.3 is 0 Å². The minimum absolute atomic E-state index is 0.729. The lowest BCUT2D eigenvalue weighted by atomic mass is 10.2. The van der Waals surface area contributed by atoms with Crippen molar-refractivity contribution in [2.24, 2.45) is 0 Å². The van der Waals surface area contributed by atoms with Crippen LogP contribution >= 0.6 is 11.3 Å². The van der Waals surface area contributed by atoms with E-state index in [-0.39, 0.29) is 0 Å². The number of likely N-dealkylation sites (N-methyl/N-ethyl adjacent to an activating group) is 1. The van der Waals surface area contributed by atoms with Crippen LogP contribution in [0.5, 0.6) is 0 Å². The molecule has 0 bridgehead atoms. The third-order valence-electron chi connectivity index (χ3n) is 3.62. The van der Waals surface area contributed by atoms with E-state index in [9.17, 15) is 0 Å². The summed E-state index contributed by atoms with van der Waals surface area (Å²) in [5.74, 6) is 0. The quantitative estimate of drug-likeness (QED) is 0.849. The van der Waals surface area contributed by atoms with Crippen LogP contribution in [0.2, 0.25) is 0 Å². The first-order chi connectivity index (χ1) is 9.76. The second kappa shape index (κ2) is 5.61. The highest BCUT2D eigenvalue weighted by Crippen LogP contribution is 2.27. The monoisotopic (exact) mass is 284 g/mol. The Labute approximate surface area is 122 Å². The van der Waals surface area contributed by atoms with E-state index in [1.54, 1.807) is 0 Å². The van der Waals surface area contributed by atoms with Gasteiger partial charge in [-0.2, -0.15) is 5.26 Å². The zero-order valence-corrected chi connectivity index (χ0v) is 12.2. The van der Waals surface area contributed by atoms with Crippen molar-refractivity contribution in [1.82, 2.24) is 9.88 Å². The van der Waals surface area contributed by atoms with Crippen molar-refractivity contribution in [2.75, 3.05) is 38.1 Å². The molecular weight excluding hydrogens is 268 g/mol. The summed E-state index contributed by atoms with van der Waals surface area (Å²) >= 11 is 1.46. The van der Waals surface area contributed by atoms with Gasteiger partial charge in [-0.3, -0.25) is 4.98 Å². The van der Waals surface area contributed by atoms with Gasteiger partial charge in [-0.05, 0) is 25.2 Å². The molecule has 1 saturated heterocycles. The number of aromatic nitrogens is 1. The Morgan fingerprint density at radius 1 is 1.25 bits per heavy atom. The van der Waals surface area contributed by atoms with Crippen molar-refractivity contribution in [1.29, 1.82) is 5.26 Å². The normalized spacial score (nSPS) is 16.1. The van der Waals surface area contributed by atoms with Gasteiger partial charge in [0, 0.05) is 49.0 Å². The van der Waals surface area contributed by atoms with E-state index in [0.717, 1.165) is 42.3 Å². The molecule has 0 spiro atoms. The fourth-order valence-electron chi connectivity index (χ4n) is 2.37. The summed E-state index contributed by atoms with van der Waals surface area (Å²) in [4.78, 5) is 9.89. The van der Waals surface area contributed by atoms with Crippen LogP contribution in [0.15, 0.2) is 29.8 Å². The smallest absolute Gasteiger partial charge is 0.110 e. The number of thiophene rings is 1. The molecular formula is C15H16N4S. The van der Waals surface area contributed by atoms with Gasteiger partial charge < -0.3 is 9.80 Å². The maximum absolute atomic E-state index is 8.91. The summed E-state index contributed by atoms with van der Waals surface area (Å²) in [5.41, 5.74) is 3.19. The second-order valence-corrected chi connectivity index (χ2v) is 5.91. The Morgan fingerprint density at radius 2 is 2.05 bits per heavy atom. The number of nitrogens with zero attached hydrogens (tertiary/aromatic N) is 4. The van der Waals surface area contributed by atoms with Gasteiger partial charge in [-0.15, -0.1) is 11.3 Å². The number of pyridine rings is 1. The predicted molar refractivity (Wildman–Crippen MR) is 82.0 cm³/mol. The van der Waals surface area contributed by atoms with Gasteiger partial charge in [0.05, 0.1) is 5.69 Å². The highest BCUT2D eigenvalue weighted by Gasteiger charge is 2.15. The molecule has 5 heteroatoms. The molecule has 0 amide bonds. The van der Waals surface area contributed by atoms with Gasteiger partial charge in [-0.1, -0.05) is 0 Å². The molecule has 102 valence electrons. The Balaban J connectivity index is 1.84. The lowest BCUT2D eigenvalue weighted by molar-refractivity contribution is 0.313. The van der Waals surface area contributed by atoms with E-state index in [0.29, 0.717) is 0 Å². The summed E-state index contributed by atoms with van der Waals surface area (Å²) in [7, 11) is 2.16. The van der Waals surface area contributed by atoms with Crippen LogP contribution in [0.1, 0.15) is 4.88 Å². The van der Waals surface area contributed by atoms with Gasteiger partial charge in [0.25, 0.3) is 0 Å². The van der Waals surface area contributed by atoms with Gasteiger partial charge in [0.1, 0.15) is 10.9 Å². The molecule has 3 heterocycles. The number of rotatable bonds is 2. The van der Waals surface area contributed by atoms with Crippen molar-refractivity contribution >= 4 is 17.0 Å². The Kier molecular flexibility index (Phi) is 3.68. The molecule has 1 aliphatic rings. The first kappa shape index (κ1) is 13.1. The van der Waals surface area contributed by atoms with Crippen LogP contribution in [0, 0.1) is 11.3 Å². The molecule has 0 radical (unpaired) electrons. The summed E-state index contributed by atoms with van der Waals surface area (Å²) in [6.45, 7) is 4.28. The van der Waals surface area contributed by atoms with Crippen LogP contribution in [0.25, 0.3) is 11.3 Å². The zero-order chi connectivity index (χ0) is 13.9. The molecule has 0 unspecified atom stereocenters. The van der Waals surface area contributed by atoms with E-state index >= 15 is 0 Å². The molecule has 2 aromatic rings. The standard InChI is InChI=1S/C15H16N4S/c1-18-4-6-19(7-5-18)13-2-3-17-15(9-13)12-8-14(10-16)20-11-12/h2-3,8-9,11H,4-7H2,1H3. The first-order valence-electron chi connectivity index (χ1n) is 6.65. The molecule has 0 saturated carbocycles. The molecule has 0 aromatic carbocycles. The Hall–Kier alpha value is -1.90. The van der Waals surface area contributed by atoms with Gasteiger partial charge in [0.15, 0.2) is 0 Å². The highest BCUT2D eigenvalue weighted by atomic mass is 32.1. The molecule has 0 N–H and O–H groups in total. The van der Waals surface area contributed by atoms with Crippen molar-refractivity contribution in [3.63, 3.8) is 0 Å². The topological polar surface area (TPSA) is 43.2 Å². The van der Waals surface area contributed by atoms with Crippen LogP contribution in [-0.2, 0) is 0 Å². The van der Waals surface area contributed by atoms with Crippen LogP contribution in [0.3, 0.4) is 0 Å². The third-order valence-corrected chi connectivity index (χ3v) is 4.45. The fourth-order valence-corrected chi connectivity index (χ4v) is 3.06. The summed E-state index contributed by atoms with van der Waals surface area (Å²) in [5, 5.41) is 10.9. The molecule has 20 heavy (non-hydrogen) atoms.